The molecule has 2 aliphatic heterocycles. The third-order valence-electron chi connectivity index (χ3n) is 5.31. The van der Waals surface area contributed by atoms with Gasteiger partial charge >= 0.3 is 0 Å². The largest absolute Gasteiger partial charge is 0.361 e. The standard InChI is InChI=1S/C21H20Cl2N4S2/c22-16-10-18-19(11-17(16)23)29-20(26-18)24-8-7-13-3-5-14(6-4-13)25-21-27-9-1-2-15(27)12-28-21/h3-6,10-11,15H,1-2,7-9,12H2,(H,24,26)/t15-/m0/s1. The van der Waals surface area contributed by atoms with E-state index < -0.39 is 0 Å². The molecule has 0 amide bonds. The molecule has 4 nitrogen and oxygen atoms in total. The fourth-order valence-corrected chi connectivity index (χ4v) is 6.33. The van der Waals surface area contributed by atoms with Crippen molar-refractivity contribution in [2.24, 2.45) is 4.99 Å². The van der Waals surface area contributed by atoms with Crippen molar-refractivity contribution in [1.29, 1.82) is 0 Å². The van der Waals surface area contributed by atoms with Crippen molar-refractivity contribution in [3.05, 3.63) is 52.0 Å². The van der Waals surface area contributed by atoms with E-state index in [4.69, 9.17) is 28.2 Å². The van der Waals surface area contributed by atoms with Crippen LogP contribution in [0.5, 0.6) is 0 Å². The zero-order chi connectivity index (χ0) is 19.8. The Hall–Kier alpha value is -1.47. The number of benzene rings is 2. The SMILES string of the molecule is Clc1cc2nc(NCCc3ccc(N=C4SC[C@@H]5CCCN45)cc3)sc2cc1Cl. The first kappa shape index (κ1) is 19.5. The topological polar surface area (TPSA) is 40.5 Å². The second kappa shape index (κ2) is 8.34. The molecule has 0 saturated carbocycles. The van der Waals surface area contributed by atoms with Crippen molar-refractivity contribution >= 4 is 72.5 Å². The van der Waals surface area contributed by atoms with Gasteiger partial charge in [-0.1, -0.05) is 58.4 Å². The minimum absolute atomic E-state index is 0.538. The summed E-state index contributed by atoms with van der Waals surface area (Å²) in [6.07, 6.45) is 3.54. The lowest BCUT2D eigenvalue weighted by Gasteiger charge is -2.16. The van der Waals surface area contributed by atoms with E-state index in [9.17, 15) is 0 Å². The van der Waals surface area contributed by atoms with Gasteiger partial charge in [0.25, 0.3) is 0 Å². The van der Waals surface area contributed by atoms with E-state index in [1.54, 1.807) is 11.3 Å². The van der Waals surface area contributed by atoms with Gasteiger partial charge in [-0.05, 0) is 49.1 Å². The highest BCUT2D eigenvalue weighted by atomic mass is 35.5. The number of thioether (sulfide) groups is 1. The van der Waals surface area contributed by atoms with Crippen molar-refractivity contribution in [3.8, 4) is 0 Å². The van der Waals surface area contributed by atoms with Crippen LogP contribution in [0.15, 0.2) is 41.4 Å². The summed E-state index contributed by atoms with van der Waals surface area (Å²) in [5.74, 6) is 1.19. The molecule has 2 aliphatic rings. The van der Waals surface area contributed by atoms with Gasteiger partial charge in [0.05, 0.1) is 25.9 Å². The summed E-state index contributed by atoms with van der Waals surface area (Å²) in [6.45, 7) is 1.98. The van der Waals surface area contributed by atoms with Gasteiger partial charge in [-0.25, -0.2) is 9.98 Å². The maximum absolute atomic E-state index is 6.09. The van der Waals surface area contributed by atoms with E-state index >= 15 is 0 Å². The Kier molecular flexibility index (Phi) is 5.61. The number of nitrogens with one attached hydrogen (secondary N) is 1. The predicted octanol–water partition coefficient (Wildman–Crippen LogP) is 6.46. The van der Waals surface area contributed by atoms with Crippen molar-refractivity contribution in [3.63, 3.8) is 0 Å². The van der Waals surface area contributed by atoms with E-state index in [1.165, 1.54) is 29.3 Å². The van der Waals surface area contributed by atoms with Crippen LogP contribution in [0.1, 0.15) is 18.4 Å². The molecule has 0 aliphatic carbocycles. The van der Waals surface area contributed by atoms with Crippen LogP contribution in [-0.4, -0.2) is 39.9 Å². The van der Waals surface area contributed by atoms with Crippen molar-refractivity contribution in [2.75, 3.05) is 24.2 Å². The van der Waals surface area contributed by atoms with Crippen LogP contribution >= 0.6 is 46.3 Å². The first-order chi connectivity index (χ1) is 14.2. The van der Waals surface area contributed by atoms with E-state index in [2.05, 4.69) is 39.5 Å². The summed E-state index contributed by atoms with van der Waals surface area (Å²) in [5, 5.41) is 6.59. The third kappa shape index (κ3) is 4.22. The summed E-state index contributed by atoms with van der Waals surface area (Å²) in [7, 11) is 0. The number of halogens is 2. The van der Waals surface area contributed by atoms with Crippen LogP contribution in [0.25, 0.3) is 10.2 Å². The van der Waals surface area contributed by atoms with E-state index in [0.717, 1.165) is 40.5 Å². The van der Waals surface area contributed by atoms with Crippen LogP contribution in [-0.2, 0) is 6.42 Å². The first-order valence-electron chi connectivity index (χ1n) is 9.72. The quantitative estimate of drug-likeness (QED) is 0.472. The zero-order valence-corrected chi connectivity index (χ0v) is 18.8. The van der Waals surface area contributed by atoms with Crippen molar-refractivity contribution < 1.29 is 0 Å². The van der Waals surface area contributed by atoms with Crippen molar-refractivity contribution in [2.45, 2.75) is 25.3 Å². The Morgan fingerprint density at radius 2 is 2.00 bits per heavy atom. The number of hydrogen-bond acceptors (Lipinski definition) is 5. The average Bonchev–Trinajstić information content (AvgIpc) is 3.41. The molecule has 2 saturated heterocycles. The Morgan fingerprint density at radius 1 is 1.17 bits per heavy atom. The molecular weight excluding hydrogens is 443 g/mol. The minimum atomic E-state index is 0.538. The molecule has 0 spiro atoms. The molecule has 150 valence electrons. The number of nitrogens with zero attached hydrogens (tertiary/aromatic N) is 3. The van der Waals surface area contributed by atoms with Crippen LogP contribution in [0.4, 0.5) is 10.8 Å². The molecule has 0 radical (unpaired) electrons. The smallest absolute Gasteiger partial charge is 0.183 e. The Morgan fingerprint density at radius 3 is 2.86 bits per heavy atom. The Bertz CT molecular complexity index is 1030. The second-order valence-corrected chi connectivity index (χ2v) is 10.1. The molecule has 0 bridgehead atoms. The van der Waals surface area contributed by atoms with E-state index in [0.29, 0.717) is 16.1 Å². The third-order valence-corrected chi connectivity index (χ3v) is 8.14. The molecule has 2 aromatic carbocycles. The molecule has 1 aromatic heterocycles. The molecule has 3 aromatic rings. The summed E-state index contributed by atoms with van der Waals surface area (Å²) in [6, 6.07) is 13.0. The normalized spacial score (nSPS) is 20.0. The number of anilines is 1. The number of aromatic nitrogens is 1. The summed E-state index contributed by atoms with van der Waals surface area (Å²) >= 11 is 15.6. The molecule has 29 heavy (non-hydrogen) atoms. The highest BCUT2D eigenvalue weighted by Crippen LogP contribution is 2.34. The van der Waals surface area contributed by atoms with Gasteiger partial charge in [-0.15, -0.1) is 0 Å². The monoisotopic (exact) mass is 462 g/mol. The fraction of sp³-hybridized carbons (Fsp3) is 0.333. The van der Waals surface area contributed by atoms with Crippen molar-refractivity contribution in [1.82, 2.24) is 9.88 Å². The maximum atomic E-state index is 6.09. The number of fused-ring (bicyclic) bond motifs is 2. The summed E-state index contributed by atoms with van der Waals surface area (Å²) in [4.78, 5) is 11.9. The van der Waals surface area contributed by atoms with Gasteiger partial charge < -0.3 is 10.2 Å². The molecule has 2 fully saturated rings. The second-order valence-electron chi connectivity index (χ2n) is 7.29. The van der Waals surface area contributed by atoms with Gasteiger partial charge in [0, 0.05) is 24.9 Å². The molecule has 8 heteroatoms. The number of thiazole rings is 1. The number of amidine groups is 1. The molecule has 1 atom stereocenters. The lowest BCUT2D eigenvalue weighted by molar-refractivity contribution is 0.440. The maximum Gasteiger partial charge on any atom is 0.183 e. The molecule has 5 rings (SSSR count). The number of rotatable bonds is 5. The van der Waals surface area contributed by atoms with Gasteiger partial charge in [-0.3, -0.25) is 0 Å². The van der Waals surface area contributed by atoms with Gasteiger partial charge in [0.15, 0.2) is 10.3 Å². The summed E-state index contributed by atoms with van der Waals surface area (Å²) in [5.41, 5.74) is 3.20. The summed E-state index contributed by atoms with van der Waals surface area (Å²) < 4.78 is 1.04. The number of aliphatic imine (C=N–C) groups is 1. The molecule has 0 unspecified atom stereocenters. The zero-order valence-electron chi connectivity index (χ0n) is 15.7. The lowest BCUT2D eigenvalue weighted by Crippen LogP contribution is -2.27. The number of hydrogen-bond donors (Lipinski definition) is 1. The van der Waals surface area contributed by atoms with Crippen LogP contribution in [0.2, 0.25) is 10.0 Å². The lowest BCUT2D eigenvalue weighted by atomic mass is 10.1. The first-order valence-corrected chi connectivity index (χ1v) is 12.3. The van der Waals surface area contributed by atoms with E-state index in [1.807, 2.05) is 23.9 Å². The molecule has 3 heterocycles. The minimum Gasteiger partial charge on any atom is -0.361 e. The Balaban J connectivity index is 1.19. The van der Waals surface area contributed by atoms with Crippen LogP contribution < -0.4 is 5.32 Å². The fourth-order valence-electron chi connectivity index (χ4n) is 3.77. The highest BCUT2D eigenvalue weighted by Gasteiger charge is 2.33. The van der Waals surface area contributed by atoms with Gasteiger partial charge in [-0.2, -0.15) is 0 Å². The van der Waals surface area contributed by atoms with Crippen LogP contribution in [0.3, 0.4) is 0 Å². The van der Waals surface area contributed by atoms with Gasteiger partial charge in [0.1, 0.15) is 0 Å². The molecule has 1 N–H and O–H groups in total. The van der Waals surface area contributed by atoms with Crippen LogP contribution in [0, 0.1) is 0 Å². The Labute approximate surface area is 188 Å². The molecular formula is C21H20Cl2N4S2. The predicted molar refractivity (Wildman–Crippen MR) is 128 cm³/mol. The van der Waals surface area contributed by atoms with Gasteiger partial charge in [0.2, 0.25) is 0 Å². The van der Waals surface area contributed by atoms with E-state index in [-0.39, 0.29) is 0 Å². The average molecular weight is 463 g/mol. The highest BCUT2D eigenvalue weighted by molar-refractivity contribution is 8.14.